The van der Waals surface area contributed by atoms with E-state index >= 15 is 0 Å². The SMILES string of the molecule is N[C@@H]1C[C@@H]1c1ccc(F)c(F)c1.N[C@@H]1C[C@@H]1c1ccc(F)c(F)c1.N[C@@H]1C[C@@H]1c1ccc(F)c(F)c1.O=C([O-])[C@@H](O)c1ccccc1.O=C([O-])[C@@H](O)c1ccccc1.O=C([O-])[C@@H](O)c1ccccc1.[Ho+3]. The van der Waals surface area contributed by atoms with Crippen molar-refractivity contribution in [2.24, 2.45) is 17.2 Å². The minimum atomic E-state index is -1.52. The van der Waals surface area contributed by atoms with Crippen molar-refractivity contribution >= 4 is 17.9 Å². The molecule has 0 saturated heterocycles. The third-order valence-electron chi connectivity index (χ3n) is 10.7. The van der Waals surface area contributed by atoms with Crippen molar-refractivity contribution < 1.29 is 109 Å². The van der Waals surface area contributed by atoms with E-state index in [1.165, 1.54) is 54.6 Å². The summed E-state index contributed by atoms with van der Waals surface area (Å²) in [5.41, 5.74) is 20.2. The number of hydrogen-bond donors (Lipinski definition) is 6. The van der Waals surface area contributed by atoms with Gasteiger partial charge in [-0.25, -0.2) is 26.3 Å². The first-order chi connectivity index (χ1) is 32.7. The van der Waals surface area contributed by atoms with E-state index in [1.807, 2.05) is 0 Å². The zero-order valence-corrected chi connectivity index (χ0v) is 38.7. The molecule has 374 valence electrons. The maximum absolute atomic E-state index is 12.7. The minimum Gasteiger partial charge on any atom is -0.547 e. The molecule has 3 aliphatic carbocycles. The molecule has 3 saturated carbocycles. The summed E-state index contributed by atoms with van der Waals surface area (Å²) >= 11 is 0. The van der Waals surface area contributed by atoms with Crippen LogP contribution in [0.2, 0.25) is 0 Å². The molecule has 0 unspecified atom stereocenters. The van der Waals surface area contributed by atoms with Crippen LogP contribution in [0.5, 0.6) is 0 Å². The van der Waals surface area contributed by atoms with E-state index in [2.05, 4.69) is 0 Å². The number of aliphatic carboxylic acids is 3. The van der Waals surface area contributed by atoms with Crippen LogP contribution < -0.4 is 32.5 Å². The van der Waals surface area contributed by atoms with E-state index < -0.39 is 71.1 Å². The first kappa shape index (κ1) is 58.6. The summed E-state index contributed by atoms with van der Waals surface area (Å²) in [6, 6.07) is 36.6. The molecular weight excluding hydrogens is 1080 g/mol. The number of carbonyl (C=O) groups is 3. The zero-order valence-electron chi connectivity index (χ0n) is 36.8. The molecule has 9 atom stereocenters. The molecule has 0 aromatic heterocycles. The van der Waals surface area contributed by atoms with Crippen molar-refractivity contribution in [2.45, 2.75) is 73.5 Å². The second-order valence-electron chi connectivity index (χ2n) is 15.9. The Hall–Kier alpha value is -5.67. The summed E-state index contributed by atoms with van der Waals surface area (Å²) in [7, 11) is 0. The summed E-state index contributed by atoms with van der Waals surface area (Å²) in [5.74, 6) is -8.47. The van der Waals surface area contributed by atoms with Crippen molar-refractivity contribution in [3.05, 3.63) is 214 Å². The summed E-state index contributed by atoms with van der Waals surface area (Å²) < 4.78 is 75.5. The molecule has 12 nitrogen and oxygen atoms in total. The van der Waals surface area contributed by atoms with Crippen LogP contribution in [0.3, 0.4) is 0 Å². The van der Waals surface area contributed by atoms with Crippen LogP contribution in [0.25, 0.3) is 0 Å². The monoisotopic (exact) mass is 1130 g/mol. The number of hydrogen-bond acceptors (Lipinski definition) is 12. The molecule has 3 fully saturated rings. The van der Waals surface area contributed by atoms with E-state index in [4.69, 9.17) is 32.5 Å². The first-order valence-corrected chi connectivity index (χ1v) is 21.1. The van der Waals surface area contributed by atoms with Gasteiger partial charge in [0.25, 0.3) is 0 Å². The number of carboxylic acids is 3. The van der Waals surface area contributed by atoms with Gasteiger partial charge in [0.1, 0.15) is 18.3 Å². The van der Waals surface area contributed by atoms with Crippen LogP contribution in [0.4, 0.5) is 26.3 Å². The Bertz CT molecular complexity index is 2330. The normalized spacial score (nSPS) is 19.9. The van der Waals surface area contributed by atoms with Gasteiger partial charge in [-0.2, -0.15) is 0 Å². The number of carbonyl (C=O) groups excluding carboxylic acids is 3. The molecule has 19 heteroatoms. The van der Waals surface area contributed by atoms with Crippen LogP contribution in [-0.4, -0.2) is 51.4 Å². The summed E-state index contributed by atoms with van der Waals surface area (Å²) in [6.07, 6.45) is -1.91. The molecule has 9 rings (SSSR count). The van der Waals surface area contributed by atoms with Crippen LogP contribution in [-0.2, 0) is 14.4 Å². The van der Waals surface area contributed by atoms with Crippen LogP contribution in [0, 0.1) is 72.6 Å². The molecule has 0 heterocycles. The summed E-state index contributed by atoms with van der Waals surface area (Å²) in [4.78, 5) is 30.4. The van der Waals surface area contributed by atoms with Crippen molar-refractivity contribution in [3.63, 3.8) is 0 Å². The van der Waals surface area contributed by atoms with Gasteiger partial charge < -0.3 is 62.2 Å². The minimum absolute atomic E-state index is 0. The van der Waals surface area contributed by atoms with Gasteiger partial charge in [-0.1, -0.05) is 109 Å². The maximum atomic E-state index is 12.7. The molecule has 6 aromatic carbocycles. The molecule has 6 aromatic rings. The van der Waals surface area contributed by atoms with Crippen molar-refractivity contribution in [1.82, 2.24) is 0 Å². The molecule has 0 bridgehead atoms. The van der Waals surface area contributed by atoms with E-state index in [0.29, 0.717) is 16.7 Å². The van der Waals surface area contributed by atoms with E-state index in [9.17, 15) is 56.0 Å². The molecule has 9 N–H and O–H groups in total. The van der Waals surface area contributed by atoms with Gasteiger partial charge in [-0.3, -0.25) is 0 Å². The summed E-state index contributed by atoms with van der Waals surface area (Å²) in [5, 5.41) is 57.2. The maximum Gasteiger partial charge on any atom is 3.00 e. The van der Waals surface area contributed by atoms with Gasteiger partial charge in [-0.15, -0.1) is 0 Å². The quantitative estimate of drug-likeness (QED) is 0.0894. The van der Waals surface area contributed by atoms with Crippen LogP contribution in [0.15, 0.2) is 146 Å². The smallest absolute Gasteiger partial charge is 0.547 e. The number of carboxylic acid groups (broad SMARTS) is 3. The van der Waals surface area contributed by atoms with Gasteiger partial charge in [0, 0.05) is 35.9 Å². The van der Waals surface area contributed by atoms with Gasteiger partial charge in [0.05, 0.1) is 17.9 Å². The van der Waals surface area contributed by atoms with E-state index in [0.717, 1.165) is 54.2 Å². The first-order valence-electron chi connectivity index (χ1n) is 21.1. The molecule has 0 aliphatic heterocycles. The Morgan fingerprint density at radius 1 is 0.400 bits per heavy atom. The number of benzene rings is 6. The van der Waals surface area contributed by atoms with Crippen molar-refractivity contribution in [1.29, 1.82) is 0 Å². The third-order valence-corrected chi connectivity index (χ3v) is 10.7. The molecule has 0 spiro atoms. The topological polar surface area (TPSA) is 259 Å². The standard InChI is InChI=1S/3C9H9F2N.3C8H8O3.Ho/c3*10-7-2-1-5(3-8(7)11)6-4-9(6)12;3*9-7(8(10)11)6-4-2-1-3-5-6;/h3*1-3,6,9H,4,12H2;3*1-5,7,9H,(H,10,11);/q;;;;;;+3/p-3/t3*6-,9-;3*7-;/m111000./s1. The number of halogens is 6. The number of aliphatic hydroxyl groups is 3. The predicted octanol–water partition coefficient (Wildman–Crippen LogP) is 3.75. The second-order valence-corrected chi connectivity index (χ2v) is 15.9. The average Bonchev–Trinajstić information content (AvgIpc) is 4.31. The third kappa shape index (κ3) is 18.9. The van der Waals surface area contributed by atoms with Crippen LogP contribution >= 0.6 is 0 Å². The molecule has 0 amide bonds. The fourth-order valence-corrected chi connectivity index (χ4v) is 6.34. The Balaban J connectivity index is 0.000000222. The van der Waals surface area contributed by atoms with Crippen LogP contribution in [0.1, 0.15) is 88.7 Å². The van der Waals surface area contributed by atoms with E-state index in [1.54, 1.807) is 72.8 Å². The summed E-state index contributed by atoms with van der Waals surface area (Å²) in [6.45, 7) is 0. The molecular formula is C51H48F6HoN3O9. The van der Waals surface area contributed by atoms with Gasteiger partial charge in [0.15, 0.2) is 34.9 Å². The fraction of sp³-hybridized carbons (Fsp3) is 0.235. The van der Waals surface area contributed by atoms with E-state index in [-0.39, 0.29) is 73.6 Å². The van der Waals surface area contributed by atoms with Crippen molar-refractivity contribution in [2.75, 3.05) is 0 Å². The Labute approximate surface area is 429 Å². The fourth-order valence-electron chi connectivity index (χ4n) is 6.34. The zero-order chi connectivity index (χ0) is 50.9. The predicted molar refractivity (Wildman–Crippen MR) is 234 cm³/mol. The molecule has 3 aliphatic rings. The van der Waals surface area contributed by atoms with Gasteiger partial charge in [0.2, 0.25) is 0 Å². The van der Waals surface area contributed by atoms with Gasteiger partial charge in [-0.05, 0) is 89.0 Å². The number of nitrogens with two attached hydrogens (primary N) is 3. The molecule has 0 radical (unpaired) electrons. The van der Waals surface area contributed by atoms with Crippen molar-refractivity contribution in [3.8, 4) is 0 Å². The largest absolute Gasteiger partial charge is 3.00 e. The average molecular weight is 1130 g/mol. The second kappa shape index (κ2) is 28.2. The number of aliphatic hydroxyl groups excluding tert-OH is 3. The van der Waals surface area contributed by atoms with Gasteiger partial charge >= 0.3 is 37.7 Å². The molecule has 70 heavy (non-hydrogen) atoms. The number of rotatable bonds is 9. The Kier molecular flexibility index (Phi) is 23.7. The Morgan fingerprint density at radius 2 is 0.600 bits per heavy atom. The Morgan fingerprint density at radius 3 is 0.757 bits per heavy atom.